The SMILES string of the molecule is COc1cc(C)nc(-[n+]2[nH]c(C)cc2OC)n1.COc1cc(C)nc(-n2nc(C)cc2OC)n1.F[P-](F)(F)(F)(F)F. The van der Waals surface area contributed by atoms with Crippen molar-refractivity contribution < 1.29 is 48.8 Å². The first-order chi connectivity index (χ1) is 18.7. The van der Waals surface area contributed by atoms with E-state index in [1.54, 1.807) is 49.9 Å². The van der Waals surface area contributed by atoms with Gasteiger partial charge in [0.2, 0.25) is 11.8 Å². The summed E-state index contributed by atoms with van der Waals surface area (Å²) in [6.45, 7) is 7.57. The Balaban J connectivity index is 0.000000235. The first-order valence-corrected chi connectivity index (χ1v) is 13.4. The van der Waals surface area contributed by atoms with Crippen molar-refractivity contribution in [1.29, 1.82) is 0 Å². The summed E-state index contributed by atoms with van der Waals surface area (Å²) >= 11 is 0. The van der Waals surface area contributed by atoms with Gasteiger partial charge in [0.15, 0.2) is 0 Å². The summed E-state index contributed by atoms with van der Waals surface area (Å²) in [4.78, 5) is 17.1. The fraction of sp³-hybridized carbons (Fsp3) is 0.364. The molecule has 0 aliphatic carbocycles. The molecule has 0 amide bonds. The van der Waals surface area contributed by atoms with Crippen LogP contribution in [0.1, 0.15) is 22.8 Å². The molecule has 0 atom stereocenters. The topological polar surface area (TPSA) is 126 Å². The van der Waals surface area contributed by atoms with Gasteiger partial charge in [0, 0.05) is 29.6 Å². The van der Waals surface area contributed by atoms with E-state index in [0.29, 0.717) is 35.4 Å². The van der Waals surface area contributed by atoms with Gasteiger partial charge < -0.3 is 18.9 Å². The number of nitrogens with one attached hydrogen (secondary N) is 1. The second kappa shape index (κ2) is 11.7. The summed E-state index contributed by atoms with van der Waals surface area (Å²) in [6.07, 6.45) is 0. The number of aromatic nitrogens is 8. The third kappa shape index (κ3) is 11.4. The van der Waals surface area contributed by atoms with Gasteiger partial charge in [-0.25, -0.2) is 10.1 Å². The van der Waals surface area contributed by atoms with Crippen LogP contribution in [-0.2, 0) is 0 Å². The average Bonchev–Trinajstić information content (AvgIpc) is 3.43. The van der Waals surface area contributed by atoms with Crippen molar-refractivity contribution in [1.82, 2.24) is 34.8 Å². The number of aromatic amines is 1. The number of ether oxygens (including phenoxy) is 4. The van der Waals surface area contributed by atoms with Crippen LogP contribution in [0.3, 0.4) is 0 Å². The molecule has 0 bridgehead atoms. The van der Waals surface area contributed by atoms with E-state index in [1.807, 2.05) is 39.8 Å². The fourth-order valence-electron chi connectivity index (χ4n) is 3.03. The molecule has 19 heteroatoms. The number of aryl methyl sites for hydroxylation is 4. The van der Waals surface area contributed by atoms with E-state index in [4.69, 9.17) is 18.9 Å². The van der Waals surface area contributed by atoms with Crippen molar-refractivity contribution in [2.45, 2.75) is 27.7 Å². The summed E-state index contributed by atoms with van der Waals surface area (Å²) in [5, 5.41) is 7.38. The van der Waals surface area contributed by atoms with Crippen molar-refractivity contribution in [2.24, 2.45) is 0 Å². The van der Waals surface area contributed by atoms with Crippen LogP contribution in [0.2, 0.25) is 0 Å². The molecule has 228 valence electrons. The van der Waals surface area contributed by atoms with Gasteiger partial charge in [-0.3, -0.25) is 0 Å². The molecule has 41 heavy (non-hydrogen) atoms. The molecule has 4 aromatic heterocycles. The normalized spacial score (nSPS) is 12.5. The summed E-state index contributed by atoms with van der Waals surface area (Å²) in [6, 6.07) is 7.22. The van der Waals surface area contributed by atoms with E-state index >= 15 is 0 Å². The third-order valence-electron chi connectivity index (χ3n) is 4.51. The second-order valence-corrected chi connectivity index (χ2v) is 10.1. The molecule has 1 N–H and O–H groups in total. The zero-order valence-corrected chi connectivity index (χ0v) is 24.2. The molecule has 0 unspecified atom stereocenters. The molecule has 0 saturated carbocycles. The van der Waals surface area contributed by atoms with E-state index in [9.17, 15) is 25.2 Å². The Morgan fingerprint density at radius 3 is 1.73 bits per heavy atom. The predicted octanol–water partition coefficient (Wildman–Crippen LogP) is 5.39. The van der Waals surface area contributed by atoms with Crippen molar-refractivity contribution in [3.63, 3.8) is 0 Å². The number of halogens is 6. The average molecular weight is 614 g/mol. The van der Waals surface area contributed by atoms with Crippen molar-refractivity contribution in [3.05, 3.63) is 47.0 Å². The first-order valence-electron chi connectivity index (χ1n) is 11.4. The Hall–Kier alpha value is -4.21. The predicted molar refractivity (Wildman–Crippen MR) is 136 cm³/mol. The van der Waals surface area contributed by atoms with E-state index in [2.05, 4.69) is 30.1 Å². The Morgan fingerprint density at radius 2 is 1.22 bits per heavy atom. The van der Waals surface area contributed by atoms with Gasteiger partial charge in [-0.2, -0.15) is 14.8 Å². The molecule has 0 radical (unpaired) electrons. The fourth-order valence-corrected chi connectivity index (χ4v) is 3.03. The molecule has 4 heterocycles. The Kier molecular flexibility index (Phi) is 9.43. The van der Waals surface area contributed by atoms with Crippen LogP contribution in [0.15, 0.2) is 24.3 Å². The number of nitrogens with zero attached hydrogens (tertiary/aromatic N) is 7. The monoisotopic (exact) mass is 614 g/mol. The summed E-state index contributed by atoms with van der Waals surface area (Å²) in [5.41, 5.74) is 3.44. The molecular weight excluding hydrogens is 585 g/mol. The molecule has 0 fully saturated rings. The maximum absolute atomic E-state index is 10.7. The van der Waals surface area contributed by atoms with Gasteiger partial charge in [0.1, 0.15) is 5.69 Å². The first kappa shape index (κ1) is 33.0. The summed E-state index contributed by atoms with van der Waals surface area (Å²) in [7, 11) is -4.33. The minimum atomic E-state index is -10.7. The van der Waals surface area contributed by atoms with Crippen LogP contribution in [0.25, 0.3) is 11.9 Å². The van der Waals surface area contributed by atoms with Crippen molar-refractivity contribution in [3.8, 4) is 35.4 Å². The van der Waals surface area contributed by atoms with Crippen LogP contribution in [0.5, 0.6) is 23.5 Å². The number of methoxy groups -OCH3 is 4. The van der Waals surface area contributed by atoms with E-state index in [1.165, 1.54) is 0 Å². The quantitative estimate of drug-likeness (QED) is 0.173. The standard InChI is InChI=1S/2C11H14N4O2.F6P/c2*1-7-5-9(16-3)13-11(12-7)15-10(17-4)6-8(2)14-15;1-7(2,3,4,5)6/h2*5-6H,1-4H3;/q;;-1/p+1. The molecule has 0 aliphatic heterocycles. The van der Waals surface area contributed by atoms with Gasteiger partial charge in [-0.15, -0.1) is 0 Å². The summed E-state index contributed by atoms with van der Waals surface area (Å²) < 4.78 is 83.1. The van der Waals surface area contributed by atoms with Gasteiger partial charge in [-0.1, -0.05) is 9.67 Å². The van der Waals surface area contributed by atoms with E-state index in [0.717, 1.165) is 22.8 Å². The van der Waals surface area contributed by atoms with Crippen LogP contribution < -0.4 is 23.6 Å². The van der Waals surface area contributed by atoms with Crippen LogP contribution in [-0.4, -0.2) is 63.3 Å². The number of hydrogen-bond acceptors (Lipinski definition) is 9. The minimum absolute atomic E-state index is 0.437. The van der Waals surface area contributed by atoms with Crippen molar-refractivity contribution in [2.75, 3.05) is 28.4 Å². The van der Waals surface area contributed by atoms with E-state index < -0.39 is 7.81 Å². The summed E-state index contributed by atoms with van der Waals surface area (Å²) in [5.74, 6) is 3.20. The Morgan fingerprint density at radius 1 is 0.683 bits per heavy atom. The molecule has 0 aromatic carbocycles. The number of H-pyrrole nitrogens is 1. The van der Waals surface area contributed by atoms with Gasteiger partial charge in [-0.05, 0) is 32.7 Å². The maximum atomic E-state index is 9.87. The van der Waals surface area contributed by atoms with Crippen molar-refractivity contribution >= 4 is 7.81 Å². The van der Waals surface area contributed by atoms with Crippen LogP contribution in [0, 0.1) is 27.7 Å². The molecule has 12 nitrogen and oxygen atoms in total. The molecule has 0 spiro atoms. The third-order valence-corrected chi connectivity index (χ3v) is 4.51. The van der Waals surface area contributed by atoms with Gasteiger partial charge >= 0.3 is 38.9 Å². The molecule has 0 saturated heterocycles. The van der Waals surface area contributed by atoms with Gasteiger partial charge in [0.25, 0.3) is 17.7 Å². The Bertz CT molecular complexity index is 1390. The van der Waals surface area contributed by atoms with E-state index in [-0.39, 0.29) is 0 Å². The van der Waals surface area contributed by atoms with Gasteiger partial charge in [0.05, 0.1) is 40.2 Å². The molecule has 4 rings (SSSR count). The zero-order chi connectivity index (χ0) is 31.2. The molecular formula is C22H29F6N8O4P. The van der Waals surface area contributed by atoms with Crippen LogP contribution >= 0.6 is 7.81 Å². The zero-order valence-electron chi connectivity index (χ0n) is 23.3. The molecule has 0 aliphatic rings. The Labute approximate surface area is 230 Å². The molecule has 4 aromatic rings. The number of hydrogen-bond donors (Lipinski definition) is 1. The second-order valence-electron chi connectivity index (χ2n) is 8.22. The van der Waals surface area contributed by atoms with Crippen LogP contribution in [0.4, 0.5) is 25.2 Å². The number of rotatable bonds is 6.